The summed E-state index contributed by atoms with van der Waals surface area (Å²) < 4.78 is 16.0. The quantitative estimate of drug-likeness (QED) is 0.865. The predicted molar refractivity (Wildman–Crippen MR) is 88.7 cm³/mol. The third-order valence-corrected chi connectivity index (χ3v) is 4.24. The molecule has 23 heavy (non-hydrogen) atoms. The first kappa shape index (κ1) is 17.4. The highest BCUT2D eigenvalue weighted by Gasteiger charge is 2.27. The number of nitrogens with zero attached hydrogens (tertiary/aromatic N) is 1. The van der Waals surface area contributed by atoms with Crippen molar-refractivity contribution in [2.24, 2.45) is 5.92 Å². The number of carbonyl (C=O) groups is 1. The number of piperidine rings is 1. The number of nitrogens with one attached hydrogen (secondary N) is 1. The largest absolute Gasteiger partial charge is 0.496 e. The van der Waals surface area contributed by atoms with E-state index >= 15 is 0 Å². The van der Waals surface area contributed by atoms with Gasteiger partial charge in [-0.25, -0.2) is 0 Å². The normalized spacial score (nSPS) is 17.7. The second kappa shape index (κ2) is 8.06. The number of amides is 1. The fourth-order valence-electron chi connectivity index (χ4n) is 3.07. The lowest BCUT2D eigenvalue weighted by Gasteiger charge is -2.33. The number of ether oxygens (including phenoxy) is 3. The minimum absolute atomic E-state index is 0.0244. The molecule has 1 aromatic carbocycles. The molecule has 128 valence electrons. The van der Waals surface area contributed by atoms with Gasteiger partial charge in [0.2, 0.25) is 0 Å². The number of carbonyl (C=O) groups excluding carboxylic acids is 1. The summed E-state index contributed by atoms with van der Waals surface area (Å²) in [5.74, 6) is 2.05. The number of methoxy groups -OCH3 is 3. The van der Waals surface area contributed by atoms with Crippen LogP contribution in [0.5, 0.6) is 17.2 Å². The van der Waals surface area contributed by atoms with Gasteiger partial charge in [0.1, 0.15) is 5.75 Å². The molecule has 2 rings (SSSR count). The van der Waals surface area contributed by atoms with E-state index in [1.54, 1.807) is 33.5 Å². The maximum Gasteiger partial charge on any atom is 0.257 e. The van der Waals surface area contributed by atoms with E-state index in [9.17, 15) is 4.79 Å². The summed E-state index contributed by atoms with van der Waals surface area (Å²) in [5, 5.41) is 3.19. The van der Waals surface area contributed by atoms with Gasteiger partial charge >= 0.3 is 0 Å². The van der Waals surface area contributed by atoms with E-state index in [4.69, 9.17) is 14.2 Å². The van der Waals surface area contributed by atoms with Gasteiger partial charge in [-0.2, -0.15) is 0 Å². The van der Waals surface area contributed by atoms with Gasteiger partial charge in [0.05, 0.1) is 26.9 Å². The highest BCUT2D eigenvalue weighted by Crippen LogP contribution is 2.35. The van der Waals surface area contributed by atoms with Crippen molar-refractivity contribution in [2.75, 3.05) is 48.0 Å². The molecular formula is C17H26N2O4. The van der Waals surface area contributed by atoms with Crippen LogP contribution < -0.4 is 19.5 Å². The van der Waals surface area contributed by atoms with Crippen LogP contribution in [-0.2, 0) is 0 Å². The van der Waals surface area contributed by atoms with Crippen LogP contribution in [0.3, 0.4) is 0 Å². The first-order valence-electron chi connectivity index (χ1n) is 7.88. The van der Waals surface area contributed by atoms with Crippen molar-refractivity contribution in [3.8, 4) is 17.2 Å². The van der Waals surface area contributed by atoms with Gasteiger partial charge in [0, 0.05) is 25.2 Å². The van der Waals surface area contributed by atoms with Crippen LogP contribution in [0.1, 0.15) is 23.2 Å². The summed E-state index contributed by atoms with van der Waals surface area (Å²) in [7, 11) is 6.62. The lowest BCUT2D eigenvalue weighted by Crippen LogP contribution is -2.42. The number of likely N-dealkylation sites (tertiary alicyclic amines) is 1. The molecule has 1 atom stereocenters. The van der Waals surface area contributed by atoms with Crippen molar-refractivity contribution in [3.05, 3.63) is 17.7 Å². The zero-order valence-corrected chi connectivity index (χ0v) is 14.3. The van der Waals surface area contributed by atoms with Crippen molar-refractivity contribution in [2.45, 2.75) is 12.8 Å². The van der Waals surface area contributed by atoms with Crippen molar-refractivity contribution in [3.63, 3.8) is 0 Å². The van der Waals surface area contributed by atoms with Crippen LogP contribution in [0, 0.1) is 5.92 Å². The Morgan fingerprint density at radius 3 is 2.43 bits per heavy atom. The number of hydrogen-bond acceptors (Lipinski definition) is 5. The Morgan fingerprint density at radius 2 is 1.83 bits per heavy atom. The predicted octanol–water partition coefficient (Wildman–Crippen LogP) is 1.78. The van der Waals surface area contributed by atoms with E-state index in [2.05, 4.69) is 5.32 Å². The molecule has 1 saturated heterocycles. The van der Waals surface area contributed by atoms with Crippen LogP contribution in [0.25, 0.3) is 0 Å². The SMILES string of the molecule is CNCC1CCCN(C(=O)c2cc(OC)c(OC)cc2OC)C1. The first-order chi connectivity index (χ1) is 11.1. The van der Waals surface area contributed by atoms with Crippen molar-refractivity contribution in [1.82, 2.24) is 10.2 Å². The van der Waals surface area contributed by atoms with Crippen LogP contribution >= 0.6 is 0 Å². The molecular weight excluding hydrogens is 296 g/mol. The number of hydrogen-bond donors (Lipinski definition) is 1. The molecule has 1 unspecified atom stereocenters. The molecule has 1 fully saturated rings. The van der Waals surface area contributed by atoms with Gasteiger partial charge in [-0.05, 0) is 32.4 Å². The van der Waals surface area contributed by atoms with Gasteiger partial charge < -0.3 is 24.4 Å². The Balaban J connectivity index is 2.27. The van der Waals surface area contributed by atoms with Gasteiger partial charge in [-0.1, -0.05) is 0 Å². The molecule has 1 heterocycles. The van der Waals surface area contributed by atoms with Crippen LogP contribution in [0.4, 0.5) is 0 Å². The van der Waals surface area contributed by atoms with Gasteiger partial charge in [-0.3, -0.25) is 4.79 Å². The standard InChI is InChI=1S/C17H26N2O4/c1-18-10-12-6-5-7-19(11-12)17(20)13-8-15(22-3)16(23-4)9-14(13)21-2/h8-9,12,18H,5-7,10-11H2,1-4H3. The first-order valence-corrected chi connectivity index (χ1v) is 7.88. The Kier molecular flexibility index (Phi) is 6.10. The smallest absolute Gasteiger partial charge is 0.257 e. The highest BCUT2D eigenvalue weighted by atomic mass is 16.5. The Morgan fingerprint density at radius 1 is 1.17 bits per heavy atom. The van der Waals surface area contributed by atoms with E-state index in [0.717, 1.165) is 32.5 Å². The summed E-state index contributed by atoms with van der Waals surface area (Å²) in [6, 6.07) is 3.39. The second-order valence-electron chi connectivity index (χ2n) is 5.72. The van der Waals surface area contributed by atoms with Crippen molar-refractivity contribution >= 4 is 5.91 Å². The van der Waals surface area contributed by atoms with Crippen LogP contribution in [-0.4, -0.2) is 58.8 Å². The maximum atomic E-state index is 12.9. The van der Waals surface area contributed by atoms with E-state index < -0.39 is 0 Å². The molecule has 0 aromatic heterocycles. The fraction of sp³-hybridized carbons (Fsp3) is 0.588. The van der Waals surface area contributed by atoms with E-state index in [1.807, 2.05) is 11.9 Å². The molecule has 1 aliphatic rings. The van der Waals surface area contributed by atoms with Crippen LogP contribution in [0.15, 0.2) is 12.1 Å². The molecule has 0 radical (unpaired) electrons. The van der Waals surface area contributed by atoms with Gasteiger partial charge in [0.15, 0.2) is 11.5 Å². The summed E-state index contributed by atoms with van der Waals surface area (Å²) >= 11 is 0. The molecule has 0 saturated carbocycles. The molecule has 0 spiro atoms. The summed E-state index contributed by atoms with van der Waals surface area (Å²) in [6.07, 6.45) is 2.17. The van der Waals surface area contributed by atoms with E-state index in [0.29, 0.717) is 28.7 Å². The fourth-order valence-corrected chi connectivity index (χ4v) is 3.07. The van der Waals surface area contributed by atoms with Gasteiger partial charge in [-0.15, -0.1) is 0 Å². The average molecular weight is 322 g/mol. The monoisotopic (exact) mass is 322 g/mol. The average Bonchev–Trinajstić information content (AvgIpc) is 2.60. The second-order valence-corrected chi connectivity index (χ2v) is 5.72. The number of benzene rings is 1. The van der Waals surface area contributed by atoms with Crippen molar-refractivity contribution < 1.29 is 19.0 Å². The summed E-state index contributed by atoms with van der Waals surface area (Å²) in [5.41, 5.74) is 0.509. The molecule has 0 aliphatic carbocycles. The third kappa shape index (κ3) is 3.88. The Hall–Kier alpha value is -1.95. The van der Waals surface area contributed by atoms with Gasteiger partial charge in [0.25, 0.3) is 5.91 Å². The molecule has 6 nitrogen and oxygen atoms in total. The minimum Gasteiger partial charge on any atom is -0.496 e. The molecule has 1 aliphatic heterocycles. The molecule has 6 heteroatoms. The van der Waals surface area contributed by atoms with Crippen LogP contribution in [0.2, 0.25) is 0 Å². The minimum atomic E-state index is -0.0244. The van der Waals surface area contributed by atoms with E-state index in [-0.39, 0.29) is 5.91 Å². The maximum absolute atomic E-state index is 12.9. The summed E-state index contributed by atoms with van der Waals surface area (Å²) in [4.78, 5) is 14.8. The zero-order valence-electron chi connectivity index (χ0n) is 14.3. The van der Waals surface area contributed by atoms with E-state index in [1.165, 1.54) is 0 Å². The Labute approximate surface area is 137 Å². The third-order valence-electron chi connectivity index (χ3n) is 4.24. The zero-order chi connectivity index (χ0) is 16.8. The molecule has 0 bridgehead atoms. The highest BCUT2D eigenvalue weighted by molar-refractivity contribution is 5.98. The molecule has 1 amide bonds. The number of rotatable bonds is 6. The lowest BCUT2D eigenvalue weighted by atomic mass is 9.97. The lowest BCUT2D eigenvalue weighted by molar-refractivity contribution is 0.0670. The molecule has 1 N–H and O–H groups in total. The summed E-state index contributed by atoms with van der Waals surface area (Å²) in [6.45, 7) is 2.46. The topological polar surface area (TPSA) is 60.0 Å². The van der Waals surface area contributed by atoms with Crippen molar-refractivity contribution in [1.29, 1.82) is 0 Å². The molecule has 1 aromatic rings. The Bertz CT molecular complexity index is 546.